The van der Waals surface area contributed by atoms with Crippen LogP contribution in [0.25, 0.3) is 0 Å². The molecule has 1 N–H and O–H groups in total. The van der Waals surface area contributed by atoms with Crippen LogP contribution in [-0.4, -0.2) is 24.7 Å². The first kappa shape index (κ1) is 19.2. The van der Waals surface area contributed by atoms with Gasteiger partial charge in [0.1, 0.15) is 0 Å². The number of nitrogens with one attached hydrogen (secondary N) is 1. The van der Waals surface area contributed by atoms with Gasteiger partial charge in [-0.05, 0) is 52.7 Å². The Kier molecular flexibility index (Phi) is 7.47. The molecule has 1 aromatic rings. The third-order valence-electron chi connectivity index (χ3n) is 3.53. The van der Waals surface area contributed by atoms with Crippen LogP contribution in [-0.2, 0) is 13.8 Å². The minimum Gasteiger partial charge on any atom is -0.324 e. The monoisotopic (exact) mass is 352 g/mol. The maximum Gasteiger partial charge on any atom is 0.290 e. The number of carbonyl (C=O) groups excluding carboxylic acids is 1. The number of hydrogen-bond donors (Lipinski definition) is 1. The van der Waals surface area contributed by atoms with E-state index in [2.05, 4.69) is 9.99 Å². The second-order valence-corrected chi connectivity index (χ2v) is 7.93. The minimum absolute atomic E-state index is 0.0724. The summed E-state index contributed by atoms with van der Waals surface area (Å²) in [6.45, 7) is 8.95. The summed E-state index contributed by atoms with van der Waals surface area (Å²) >= 11 is 0. The Morgan fingerprint density at radius 2 is 1.71 bits per heavy atom. The van der Waals surface area contributed by atoms with Crippen LogP contribution in [0.1, 0.15) is 53.4 Å². The molecule has 1 aromatic carbocycles. The molecule has 0 unspecified atom stereocenters. The number of nitrogens with zero attached hydrogens (tertiary/aromatic N) is 1. The van der Waals surface area contributed by atoms with E-state index >= 15 is 0 Å². The zero-order chi connectivity index (χ0) is 17.5. The largest absolute Gasteiger partial charge is 0.324 e. The molecular formula is C18H29N2O3P. The van der Waals surface area contributed by atoms with Crippen LogP contribution in [0, 0.1) is 0 Å². The minimum atomic E-state index is -1.23. The zero-order valence-corrected chi connectivity index (χ0v) is 16.0. The third-order valence-corrected chi connectivity index (χ3v) is 5.54. The number of rotatable bonds is 5. The Hall–Kier alpha value is -1.16. The number of amides is 1. The van der Waals surface area contributed by atoms with Gasteiger partial charge in [-0.1, -0.05) is 18.6 Å². The summed E-state index contributed by atoms with van der Waals surface area (Å²) in [5, 5.41) is 3.04. The van der Waals surface area contributed by atoms with Crippen molar-refractivity contribution in [3.8, 4) is 0 Å². The van der Waals surface area contributed by atoms with Crippen molar-refractivity contribution < 1.29 is 13.8 Å². The van der Waals surface area contributed by atoms with Crippen molar-refractivity contribution in [2.45, 2.75) is 65.6 Å². The molecule has 0 saturated carbocycles. The van der Waals surface area contributed by atoms with Gasteiger partial charge in [-0.2, -0.15) is 0 Å². The molecule has 2 rings (SSSR count). The predicted octanol–water partition coefficient (Wildman–Crippen LogP) is 5.08. The molecule has 0 radical (unpaired) electrons. The lowest BCUT2D eigenvalue weighted by molar-refractivity contribution is -0.116. The molecule has 0 atom stereocenters. The predicted molar refractivity (Wildman–Crippen MR) is 100 cm³/mol. The quantitative estimate of drug-likeness (QED) is 0.751. The maximum atomic E-state index is 12.1. The Morgan fingerprint density at radius 1 is 1.04 bits per heavy atom. The van der Waals surface area contributed by atoms with Crippen LogP contribution in [0.3, 0.4) is 0 Å². The molecule has 6 heteroatoms. The van der Waals surface area contributed by atoms with Gasteiger partial charge < -0.3 is 19.0 Å². The summed E-state index contributed by atoms with van der Waals surface area (Å²) < 4.78 is 14.4. The lowest BCUT2D eigenvalue weighted by Gasteiger charge is -2.35. The van der Waals surface area contributed by atoms with Crippen molar-refractivity contribution in [2.75, 3.05) is 16.5 Å². The molecule has 1 heterocycles. The summed E-state index contributed by atoms with van der Waals surface area (Å²) in [6.07, 6.45) is 3.69. The number of anilines is 2. The SMILES string of the molecule is CC(C)OP(OC(C)C)N1CCCCCC(=O)Nc2ccccc21. The van der Waals surface area contributed by atoms with Gasteiger partial charge >= 0.3 is 0 Å². The molecule has 1 aliphatic rings. The number of hydrogen-bond acceptors (Lipinski definition) is 4. The van der Waals surface area contributed by atoms with Crippen LogP contribution in [0.2, 0.25) is 0 Å². The summed E-state index contributed by atoms with van der Waals surface area (Å²) in [7, 11) is -1.23. The van der Waals surface area contributed by atoms with E-state index in [0.717, 1.165) is 37.2 Å². The summed E-state index contributed by atoms with van der Waals surface area (Å²) in [5.74, 6) is 0.0724. The Morgan fingerprint density at radius 3 is 2.38 bits per heavy atom. The van der Waals surface area contributed by atoms with Crippen LogP contribution < -0.4 is 9.99 Å². The molecule has 5 nitrogen and oxygen atoms in total. The highest BCUT2D eigenvalue weighted by Gasteiger charge is 2.27. The lowest BCUT2D eigenvalue weighted by atomic mass is 10.1. The van der Waals surface area contributed by atoms with Gasteiger partial charge in [-0.3, -0.25) is 4.79 Å². The fraction of sp³-hybridized carbons (Fsp3) is 0.611. The molecule has 0 spiro atoms. The van der Waals surface area contributed by atoms with Gasteiger partial charge in [0.25, 0.3) is 8.53 Å². The number of benzene rings is 1. The molecule has 0 fully saturated rings. The van der Waals surface area contributed by atoms with Crippen LogP contribution >= 0.6 is 8.53 Å². The van der Waals surface area contributed by atoms with Crippen LogP contribution in [0.4, 0.5) is 11.4 Å². The Balaban J connectivity index is 2.36. The number of fused-ring (bicyclic) bond motifs is 1. The van der Waals surface area contributed by atoms with E-state index in [1.807, 2.05) is 52.0 Å². The molecular weight excluding hydrogens is 323 g/mol. The molecule has 0 saturated heterocycles. The number of carbonyl (C=O) groups is 1. The average Bonchev–Trinajstić information content (AvgIpc) is 2.50. The molecule has 24 heavy (non-hydrogen) atoms. The zero-order valence-electron chi connectivity index (χ0n) is 15.1. The third kappa shape index (κ3) is 5.73. The smallest absolute Gasteiger partial charge is 0.290 e. The van der Waals surface area contributed by atoms with Crippen molar-refractivity contribution in [1.82, 2.24) is 0 Å². The topological polar surface area (TPSA) is 50.8 Å². The van der Waals surface area contributed by atoms with E-state index in [9.17, 15) is 4.79 Å². The standard InChI is InChI=1S/C18H29N2O3P/c1-14(2)22-24(23-15(3)4)20-13-9-5-6-12-18(21)19-16-10-7-8-11-17(16)20/h7-8,10-11,14-15H,5-6,9,12-13H2,1-4H3,(H,19,21). The van der Waals surface area contributed by atoms with Gasteiger partial charge in [0, 0.05) is 13.0 Å². The van der Waals surface area contributed by atoms with Crippen molar-refractivity contribution >= 4 is 25.8 Å². The van der Waals surface area contributed by atoms with E-state index in [4.69, 9.17) is 9.05 Å². The fourth-order valence-corrected chi connectivity index (χ4v) is 4.18. The van der Waals surface area contributed by atoms with Crippen LogP contribution in [0.15, 0.2) is 24.3 Å². The van der Waals surface area contributed by atoms with E-state index in [-0.39, 0.29) is 18.1 Å². The van der Waals surface area contributed by atoms with Crippen molar-refractivity contribution in [2.24, 2.45) is 0 Å². The summed E-state index contributed by atoms with van der Waals surface area (Å²) in [6, 6.07) is 7.90. The van der Waals surface area contributed by atoms with E-state index in [1.54, 1.807) is 0 Å². The van der Waals surface area contributed by atoms with Gasteiger partial charge in [0.05, 0.1) is 23.6 Å². The van der Waals surface area contributed by atoms with Gasteiger partial charge in [0.2, 0.25) is 5.91 Å². The molecule has 0 aliphatic carbocycles. The highest BCUT2D eigenvalue weighted by molar-refractivity contribution is 7.49. The molecule has 134 valence electrons. The van der Waals surface area contributed by atoms with E-state index in [1.165, 1.54) is 0 Å². The summed E-state index contributed by atoms with van der Waals surface area (Å²) in [4.78, 5) is 12.1. The second kappa shape index (κ2) is 9.36. The highest BCUT2D eigenvalue weighted by Crippen LogP contribution is 2.50. The first-order chi connectivity index (χ1) is 11.5. The molecule has 1 aliphatic heterocycles. The Labute approximate surface area is 146 Å². The summed E-state index contributed by atoms with van der Waals surface area (Å²) in [5.41, 5.74) is 1.80. The van der Waals surface area contributed by atoms with Crippen molar-refractivity contribution in [3.05, 3.63) is 24.3 Å². The molecule has 0 aromatic heterocycles. The van der Waals surface area contributed by atoms with Crippen molar-refractivity contribution in [1.29, 1.82) is 0 Å². The van der Waals surface area contributed by atoms with Crippen molar-refractivity contribution in [3.63, 3.8) is 0 Å². The first-order valence-electron chi connectivity index (χ1n) is 8.77. The number of para-hydroxylation sites is 2. The molecule has 1 amide bonds. The van der Waals surface area contributed by atoms with Crippen LogP contribution in [0.5, 0.6) is 0 Å². The average molecular weight is 352 g/mol. The first-order valence-corrected chi connectivity index (χ1v) is 9.90. The maximum absolute atomic E-state index is 12.1. The molecule has 0 bridgehead atoms. The van der Waals surface area contributed by atoms with Gasteiger partial charge in [0.15, 0.2) is 0 Å². The Bertz CT molecular complexity index is 527. The fourth-order valence-electron chi connectivity index (χ4n) is 2.53. The van der Waals surface area contributed by atoms with E-state index in [0.29, 0.717) is 6.42 Å². The van der Waals surface area contributed by atoms with Gasteiger partial charge in [-0.15, -0.1) is 0 Å². The second-order valence-electron chi connectivity index (χ2n) is 6.55. The lowest BCUT2D eigenvalue weighted by Crippen LogP contribution is -2.26. The van der Waals surface area contributed by atoms with Gasteiger partial charge in [-0.25, -0.2) is 0 Å². The highest BCUT2D eigenvalue weighted by atomic mass is 31.2. The normalized spacial score (nSPS) is 16.5. The van der Waals surface area contributed by atoms with E-state index < -0.39 is 8.53 Å².